The first-order valence-electron chi connectivity index (χ1n) is 3.33. The summed E-state index contributed by atoms with van der Waals surface area (Å²) in [5.41, 5.74) is 0. The second-order valence-electron chi connectivity index (χ2n) is 1.92. The minimum atomic E-state index is 0. The molecule has 0 nitrogen and oxygen atoms in total. The van der Waals surface area contributed by atoms with Gasteiger partial charge in [-0.3, -0.25) is 0 Å². The minimum Gasteiger partial charge on any atom is -0.214 e. The Balaban J connectivity index is 0.000000167. The summed E-state index contributed by atoms with van der Waals surface area (Å²) in [6.07, 6.45) is 0. The maximum atomic E-state index is 2.00. The van der Waals surface area contributed by atoms with E-state index in [-0.39, 0.29) is 22.4 Å². The number of rotatable bonds is 0. The van der Waals surface area contributed by atoms with Crippen molar-refractivity contribution in [3.05, 3.63) is 60.7 Å². The van der Waals surface area contributed by atoms with Crippen LogP contribution in [-0.4, -0.2) is 0 Å². The Kier molecular flexibility index (Phi) is 7.16. The monoisotopic (exact) mass is 313 g/mol. The van der Waals surface area contributed by atoms with Gasteiger partial charge in [-0.05, 0) is 0 Å². The van der Waals surface area contributed by atoms with E-state index in [1.54, 1.807) is 0 Å². The smallest absolute Gasteiger partial charge is 0.172 e. The van der Waals surface area contributed by atoms with Crippen LogP contribution in [0.15, 0.2) is 60.7 Å². The van der Waals surface area contributed by atoms with Crippen molar-refractivity contribution in [2.45, 2.75) is 0 Å². The summed E-state index contributed by atoms with van der Waals surface area (Å²) >= 11 is 0. The number of hydrogen-bond donors (Lipinski definition) is 0. The van der Waals surface area contributed by atoms with Crippen molar-refractivity contribution in [3.63, 3.8) is 0 Å². The molecule has 0 amide bonds. The van der Waals surface area contributed by atoms with Gasteiger partial charge < -0.3 is 0 Å². The van der Waals surface area contributed by atoms with Crippen LogP contribution in [0.2, 0.25) is 0 Å². The molecule has 0 aliphatic carbocycles. The third-order valence-electron chi connectivity index (χ3n) is 1.11. The summed E-state index contributed by atoms with van der Waals surface area (Å²) in [4.78, 5) is 0. The van der Waals surface area contributed by atoms with Crippen LogP contribution in [0.5, 0.6) is 0 Å². The molecule has 0 unspecified atom stereocenters. The Labute approximate surface area is 83.1 Å². The third-order valence-corrected chi connectivity index (χ3v) is 1.11. The summed E-state index contributed by atoms with van der Waals surface area (Å²) < 4.78 is 0. The molecule has 0 saturated carbocycles. The molecule has 1 heteroatoms. The van der Waals surface area contributed by atoms with Crippen LogP contribution >= 0.6 is 0 Å². The van der Waals surface area contributed by atoms with Crippen LogP contribution in [-0.2, 0) is 22.4 Å². The zero-order chi connectivity index (χ0) is 7.07. The van der Waals surface area contributed by atoms with Crippen molar-refractivity contribution in [1.29, 1.82) is 0 Å². The first-order chi connectivity index (χ1) is 5.00. The predicted octanol–water partition coefficient (Wildman–Crippen LogP) is 2.27. The molecule has 0 saturated heterocycles. The molecule has 0 N–H and O–H groups in total. The zero-order valence-electron chi connectivity index (χ0n) is 6.35. The molecule has 0 aliphatic heterocycles. The van der Waals surface area contributed by atoms with Gasteiger partial charge in [0, 0.05) is 0 Å². The van der Waals surface area contributed by atoms with Gasteiger partial charge in [-0.25, -0.2) is 24.3 Å². The second kappa shape index (κ2) is 7.55. The van der Waals surface area contributed by atoms with Crippen LogP contribution in [0, 0.1) is 0 Å². The first kappa shape index (κ1) is 10.4. The van der Waals surface area contributed by atoms with Crippen LogP contribution in [0.25, 0.3) is 0 Å². The fraction of sp³-hybridized carbons (Fsp3) is 0. The van der Waals surface area contributed by atoms with E-state index >= 15 is 0 Å². The number of hydrogen-bond acceptors (Lipinski definition) is 0. The minimum absolute atomic E-state index is 0. The normalized spacial score (nSPS) is 7.27. The van der Waals surface area contributed by atoms with Crippen molar-refractivity contribution in [1.82, 2.24) is 0 Å². The van der Waals surface area contributed by atoms with E-state index in [1.165, 1.54) is 0 Å². The summed E-state index contributed by atoms with van der Waals surface area (Å²) in [5, 5.41) is 0. The van der Waals surface area contributed by atoms with Gasteiger partial charge in [0.1, 0.15) is 0 Å². The quantitative estimate of drug-likeness (QED) is 0.655. The molecular weight excluding hydrogens is 301 g/mol. The molecule has 2 aromatic carbocycles. The van der Waals surface area contributed by atoms with Crippen LogP contribution in [0.3, 0.4) is 0 Å². The van der Waals surface area contributed by atoms with E-state index in [2.05, 4.69) is 0 Å². The molecule has 2 aromatic rings. The van der Waals surface area contributed by atoms with Gasteiger partial charge in [0.25, 0.3) is 0 Å². The molecule has 0 aromatic heterocycles. The average Bonchev–Trinajstić information content (AvgIpc) is 2.67. The molecule has 2 rings (SSSR count). The summed E-state index contributed by atoms with van der Waals surface area (Å²) in [5.74, 6) is 0. The van der Waals surface area contributed by atoms with Gasteiger partial charge in [0.2, 0.25) is 0 Å². The van der Waals surface area contributed by atoms with Crippen LogP contribution < -0.4 is 0 Å². The Bertz CT molecular complexity index is 144. The average molecular weight is 313 g/mol. The molecule has 0 bridgehead atoms. The van der Waals surface area contributed by atoms with Gasteiger partial charge in [-0.1, -0.05) is 0 Å². The van der Waals surface area contributed by atoms with Gasteiger partial charge in [0.15, 0.2) is 0 Å². The Morgan fingerprint density at radius 1 is 0.545 bits per heavy atom. The zero-order valence-corrected chi connectivity index (χ0v) is 10.5. The molecule has 0 fully saturated rings. The summed E-state index contributed by atoms with van der Waals surface area (Å²) in [7, 11) is 0. The maximum Gasteiger partial charge on any atom is -0.172 e. The molecule has 11 heavy (non-hydrogen) atoms. The fourth-order valence-electron chi connectivity index (χ4n) is 0.642. The van der Waals surface area contributed by atoms with E-state index in [9.17, 15) is 0 Å². The van der Waals surface area contributed by atoms with Gasteiger partial charge >= 0.3 is 22.4 Å². The van der Waals surface area contributed by atoms with Crippen LogP contribution in [0.4, 0.5) is 0 Å². The van der Waals surface area contributed by atoms with E-state index < -0.39 is 0 Å². The third kappa shape index (κ3) is 5.86. The Morgan fingerprint density at radius 2 is 0.818 bits per heavy atom. The molecule has 0 aliphatic rings. The van der Waals surface area contributed by atoms with Gasteiger partial charge in [0.05, 0.1) is 0 Å². The van der Waals surface area contributed by atoms with Crippen molar-refractivity contribution >= 4 is 0 Å². The Morgan fingerprint density at radius 3 is 0.909 bits per heavy atom. The van der Waals surface area contributed by atoms with Crippen molar-refractivity contribution in [2.24, 2.45) is 0 Å². The van der Waals surface area contributed by atoms with Crippen LogP contribution in [0.1, 0.15) is 0 Å². The molecule has 0 heterocycles. The molecule has 1 radical (unpaired) electrons. The second-order valence-corrected chi connectivity index (χ2v) is 1.92. The maximum absolute atomic E-state index is 2.00. The topological polar surface area (TPSA) is 0 Å². The van der Waals surface area contributed by atoms with E-state index in [1.807, 2.05) is 60.7 Å². The molecule has 0 atom stereocenters. The standard InChI is InChI=1S/2C5H5.Ta.2H/c2*1-2-4-5-3-1;;;/h2*1-5H;;;/q2*-1;;;. The Hall–Kier alpha value is -0.560. The van der Waals surface area contributed by atoms with E-state index in [0.29, 0.717) is 0 Å². The molecule has 0 spiro atoms. The fourth-order valence-corrected chi connectivity index (χ4v) is 0.642. The van der Waals surface area contributed by atoms with E-state index in [4.69, 9.17) is 0 Å². The van der Waals surface area contributed by atoms with Crippen molar-refractivity contribution in [2.75, 3.05) is 0 Å². The first-order valence-corrected chi connectivity index (χ1v) is 3.33. The van der Waals surface area contributed by atoms with Gasteiger partial charge in [-0.15, -0.1) is 0 Å². The molecule has 59 valence electrons. The van der Waals surface area contributed by atoms with Gasteiger partial charge in [-0.2, -0.15) is 36.4 Å². The largest absolute Gasteiger partial charge is 0.214 e. The summed E-state index contributed by atoms with van der Waals surface area (Å²) in [6.45, 7) is 0. The summed E-state index contributed by atoms with van der Waals surface area (Å²) in [6, 6.07) is 20.0. The van der Waals surface area contributed by atoms with Crippen molar-refractivity contribution < 1.29 is 22.4 Å². The van der Waals surface area contributed by atoms with Crippen molar-refractivity contribution in [3.8, 4) is 0 Å². The molecular formula is C10H12Ta-2. The predicted molar refractivity (Wildman–Crippen MR) is 46.9 cm³/mol. The van der Waals surface area contributed by atoms with E-state index in [0.717, 1.165) is 0 Å². The SMILES string of the molecule is [TaH2].c1cc[cH-]c1.c1cc[cH-]c1.